The summed E-state index contributed by atoms with van der Waals surface area (Å²) in [7, 11) is 0. The molecule has 0 saturated carbocycles. The molecule has 0 amide bonds. The molecule has 1 aliphatic heterocycles. The van der Waals surface area contributed by atoms with Crippen molar-refractivity contribution in [2.75, 3.05) is 19.6 Å². The first kappa shape index (κ1) is 11.9. The average Bonchev–Trinajstić information content (AvgIpc) is 2.98. The Morgan fingerprint density at radius 2 is 2.50 bits per heavy atom. The van der Waals surface area contributed by atoms with Gasteiger partial charge >= 0.3 is 0 Å². The summed E-state index contributed by atoms with van der Waals surface area (Å²) in [5.74, 6) is 0. The van der Waals surface area contributed by atoms with Crippen molar-refractivity contribution >= 4 is 11.3 Å². The van der Waals surface area contributed by atoms with Crippen molar-refractivity contribution in [1.29, 1.82) is 0 Å². The third-order valence-electron chi connectivity index (χ3n) is 3.37. The van der Waals surface area contributed by atoms with Crippen molar-refractivity contribution in [3.8, 4) is 11.3 Å². The summed E-state index contributed by atoms with van der Waals surface area (Å²) in [6, 6.07) is 2.72. The predicted octanol–water partition coefficient (Wildman–Crippen LogP) is 1.93. The number of hydrogen-bond donors (Lipinski definition) is 2. The van der Waals surface area contributed by atoms with Gasteiger partial charge < -0.3 is 5.32 Å². The summed E-state index contributed by atoms with van der Waals surface area (Å²) < 4.78 is 0. The minimum atomic E-state index is 0.579. The summed E-state index contributed by atoms with van der Waals surface area (Å²) in [4.78, 5) is 2.49. The maximum atomic E-state index is 4.20. The van der Waals surface area contributed by atoms with Gasteiger partial charge in [0.25, 0.3) is 0 Å². The zero-order valence-corrected chi connectivity index (χ0v) is 11.3. The molecule has 1 aliphatic rings. The van der Waals surface area contributed by atoms with Crippen LogP contribution in [0.5, 0.6) is 0 Å². The Hall–Kier alpha value is -1.17. The fourth-order valence-corrected chi connectivity index (χ4v) is 3.13. The average molecular weight is 262 g/mol. The largest absolute Gasteiger partial charge is 0.312 e. The number of rotatable bonds is 3. The molecule has 2 aromatic heterocycles. The van der Waals surface area contributed by atoms with Crippen LogP contribution in [-0.4, -0.2) is 40.8 Å². The van der Waals surface area contributed by atoms with E-state index >= 15 is 0 Å². The standard InChI is InChI=1S/C13H18N4S/c1-10-7-17(4-3-14-10)8-12-6-15-16-13(12)11-2-5-18-9-11/h2,5-6,9-10,14H,3-4,7-8H2,1H3,(H,15,16)/t10-/m1/s1. The lowest BCUT2D eigenvalue weighted by molar-refractivity contribution is 0.200. The second kappa shape index (κ2) is 5.22. The van der Waals surface area contributed by atoms with E-state index < -0.39 is 0 Å². The fourth-order valence-electron chi connectivity index (χ4n) is 2.48. The van der Waals surface area contributed by atoms with Crippen LogP contribution in [0, 0.1) is 0 Å². The number of aromatic amines is 1. The van der Waals surface area contributed by atoms with Crippen LogP contribution >= 0.6 is 11.3 Å². The second-order valence-corrected chi connectivity index (χ2v) is 5.65. The van der Waals surface area contributed by atoms with E-state index in [1.54, 1.807) is 11.3 Å². The molecule has 0 aliphatic carbocycles. The Morgan fingerprint density at radius 1 is 1.56 bits per heavy atom. The molecule has 0 radical (unpaired) electrons. The SMILES string of the molecule is C[C@@H]1CN(Cc2cn[nH]c2-c2ccsc2)CCN1. The lowest BCUT2D eigenvalue weighted by Crippen LogP contribution is -2.48. The quantitative estimate of drug-likeness (QED) is 0.888. The van der Waals surface area contributed by atoms with Crippen LogP contribution in [0.25, 0.3) is 11.3 Å². The molecule has 4 nitrogen and oxygen atoms in total. The first-order chi connectivity index (χ1) is 8.83. The Balaban J connectivity index is 1.75. The molecule has 96 valence electrons. The summed E-state index contributed by atoms with van der Waals surface area (Å²) >= 11 is 1.72. The van der Waals surface area contributed by atoms with E-state index in [0.717, 1.165) is 26.2 Å². The number of nitrogens with zero attached hydrogens (tertiary/aromatic N) is 2. The number of thiophene rings is 1. The van der Waals surface area contributed by atoms with Crippen molar-refractivity contribution in [3.63, 3.8) is 0 Å². The number of aromatic nitrogens is 2. The third kappa shape index (κ3) is 2.48. The van der Waals surface area contributed by atoms with Crippen LogP contribution in [-0.2, 0) is 6.54 Å². The number of H-pyrrole nitrogens is 1. The minimum absolute atomic E-state index is 0.579. The highest BCUT2D eigenvalue weighted by Gasteiger charge is 2.18. The molecule has 0 bridgehead atoms. The van der Waals surface area contributed by atoms with Crippen LogP contribution in [0.15, 0.2) is 23.0 Å². The molecule has 18 heavy (non-hydrogen) atoms. The van der Waals surface area contributed by atoms with Crippen LogP contribution in [0.1, 0.15) is 12.5 Å². The Labute approximate surface area is 111 Å². The Kier molecular flexibility index (Phi) is 3.45. The molecular weight excluding hydrogens is 244 g/mol. The molecular formula is C13H18N4S. The van der Waals surface area contributed by atoms with Crippen molar-refractivity contribution in [2.45, 2.75) is 19.5 Å². The first-order valence-corrected chi connectivity index (χ1v) is 7.28. The van der Waals surface area contributed by atoms with Gasteiger partial charge in [-0.1, -0.05) is 0 Å². The van der Waals surface area contributed by atoms with E-state index in [-0.39, 0.29) is 0 Å². The summed E-state index contributed by atoms with van der Waals surface area (Å²) in [5.41, 5.74) is 3.71. The molecule has 3 rings (SSSR count). The molecule has 2 N–H and O–H groups in total. The lowest BCUT2D eigenvalue weighted by Gasteiger charge is -2.31. The highest BCUT2D eigenvalue weighted by atomic mass is 32.1. The van der Waals surface area contributed by atoms with Crippen molar-refractivity contribution in [2.24, 2.45) is 0 Å². The van der Waals surface area contributed by atoms with E-state index in [9.17, 15) is 0 Å². The smallest absolute Gasteiger partial charge is 0.0703 e. The van der Waals surface area contributed by atoms with E-state index in [1.165, 1.54) is 16.8 Å². The number of nitrogens with one attached hydrogen (secondary N) is 2. The van der Waals surface area contributed by atoms with E-state index in [4.69, 9.17) is 0 Å². The maximum absolute atomic E-state index is 4.20. The zero-order valence-electron chi connectivity index (χ0n) is 10.5. The minimum Gasteiger partial charge on any atom is -0.312 e. The molecule has 1 atom stereocenters. The van der Waals surface area contributed by atoms with Gasteiger partial charge in [0.15, 0.2) is 0 Å². The van der Waals surface area contributed by atoms with Gasteiger partial charge in [0.2, 0.25) is 0 Å². The molecule has 3 heterocycles. The Morgan fingerprint density at radius 3 is 3.28 bits per heavy atom. The zero-order chi connectivity index (χ0) is 12.4. The monoisotopic (exact) mass is 262 g/mol. The van der Waals surface area contributed by atoms with E-state index in [1.807, 2.05) is 6.20 Å². The molecule has 0 spiro atoms. The third-order valence-corrected chi connectivity index (χ3v) is 4.06. The first-order valence-electron chi connectivity index (χ1n) is 6.33. The van der Waals surface area contributed by atoms with Gasteiger partial charge in [0.05, 0.1) is 11.9 Å². The molecule has 0 aromatic carbocycles. The van der Waals surface area contributed by atoms with E-state index in [0.29, 0.717) is 6.04 Å². The number of piperazine rings is 1. The number of hydrogen-bond acceptors (Lipinski definition) is 4. The maximum Gasteiger partial charge on any atom is 0.0703 e. The van der Waals surface area contributed by atoms with Gasteiger partial charge in [-0.05, 0) is 18.4 Å². The van der Waals surface area contributed by atoms with Gasteiger partial charge in [0, 0.05) is 48.7 Å². The molecule has 1 fully saturated rings. The predicted molar refractivity (Wildman–Crippen MR) is 74.6 cm³/mol. The lowest BCUT2D eigenvalue weighted by atomic mass is 10.1. The Bertz CT molecular complexity index is 491. The molecule has 0 unspecified atom stereocenters. The van der Waals surface area contributed by atoms with Crippen LogP contribution in [0.4, 0.5) is 0 Å². The van der Waals surface area contributed by atoms with Gasteiger partial charge in [0.1, 0.15) is 0 Å². The second-order valence-electron chi connectivity index (χ2n) is 4.87. The summed E-state index contributed by atoms with van der Waals surface area (Å²) in [6.07, 6.45) is 1.96. The summed E-state index contributed by atoms with van der Waals surface area (Å²) in [6.45, 7) is 6.51. The molecule has 2 aromatic rings. The van der Waals surface area contributed by atoms with Gasteiger partial charge in [-0.25, -0.2) is 0 Å². The van der Waals surface area contributed by atoms with Crippen LogP contribution in [0.3, 0.4) is 0 Å². The van der Waals surface area contributed by atoms with Crippen molar-refractivity contribution in [1.82, 2.24) is 20.4 Å². The highest BCUT2D eigenvalue weighted by molar-refractivity contribution is 7.08. The van der Waals surface area contributed by atoms with Gasteiger partial charge in [-0.3, -0.25) is 10.00 Å². The van der Waals surface area contributed by atoms with Crippen LogP contribution in [0.2, 0.25) is 0 Å². The van der Waals surface area contributed by atoms with Crippen molar-refractivity contribution < 1.29 is 0 Å². The molecule has 5 heteroatoms. The van der Waals surface area contributed by atoms with Crippen molar-refractivity contribution in [3.05, 3.63) is 28.6 Å². The van der Waals surface area contributed by atoms with Gasteiger partial charge in [-0.15, -0.1) is 0 Å². The normalized spacial score (nSPS) is 21.3. The van der Waals surface area contributed by atoms with Gasteiger partial charge in [-0.2, -0.15) is 16.4 Å². The topological polar surface area (TPSA) is 44.0 Å². The fraction of sp³-hybridized carbons (Fsp3) is 0.462. The molecule has 1 saturated heterocycles. The van der Waals surface area contributed by atoms with E-state index in [2.05, 4.69) is 44.2 Å². The highest BCUT2D eigenvalue weighted by Crippen LogP contribution is 2.24. The summed E-state index contributed by atoms with van der Waals surface area (Å²) in [5, 5.41) is 15.1. The van der Waals surface area contributed by atoms with Crippen LogP contribution < -0.4 is 5.32 Å².